The molecular weight excluding hydrogens is 292 g/mol. The molecule has 1 aliphatic rings. The summed E-state index contributed by atoms with van der Waals surface area (Å²) in [5, 5.41) is 9.94. The topological polar surface area (TPSA) is 61.6 Å². The number of carboxylic acid groups (broad SMARTS) is 1. The Morgan fingerprint density at radius 3 is 2.14 bits per heavy atom. The van der Waals surface area contributed by atoms with Gasteiger partial charge in [0.2, 0.25) is 0 Å². The van der Waals surface area contributed by atoms with Crippen molar-refractivity contribution < 1.29 is 9.90 Å². The smallest absolute Gasteiger partial charge is 0.327 e. The Balaban J connectivity index is 2.23. The number of aryl methyl sites for hydroxylation is 1. The third-order valence-corrected chi connectivity index (χ3v) is 4.53. The van der Waals surface area contributed by atoms with Gasteiger partial charge in [0.15, 0.2) is 11.2 Å². The van der Waals surface area contributed by atoms with E-state index in [0.29, 0.717) is 11.7 Å². The van der Waals surface area contributed by atoms with Crippen molar-refractivity contribution in [3.05, 3.63) is 16.7 Å². The second-order valence-corrected chi connectivity index (χ2v) is 6.16. The molecule has 1 aromatic rings. The first-order valence-electron chi connectivity index (χ1n) is 7.22. The standard InChI is InChI=1S/C14H23ClN4O2/c1-9(2)18-5-7-19(8-6-18)12(14(20)21)11-13(15)16-10(3)17(11)4/h9,12H,5-8H2,1-4H3,(H,20,21). The van der Waals surface area contributed by atoms with Crippen molar-refractivity contribution >= 4 is 17.6 Å². The zero-order valence-corrected chi connectivity index (χ0v) is 13.8. The first-order valence-corrected chi connectivity index (χ1v) is 7.60. The highest BCUT2D eigenvalue weighted by Crippen LogP contribution is 2.29. The molecule has 2 rings (SSSR count). The lowest BCUT2D eigenvalue weighted by molar-refractivity contribution is -0.144. The number of nitrogens with zero attached hydrogens (tertiary/aromatic N) is 4. The molecule has 2 heterocycles. The van der Waals surface area contributed by atoms with Gasteiger partial charge in [0.1, 0.15) is 5.82 Å². The fourth-order valence-corrected chi connectivity index (χ4v) is 3.19. The lowest BCUT2D eigenvalue weighted by Gasteiger charge is -2.39. The molecular formula is C14H23ClN4O2. The van der Waals surface area contributed by atoms with Gasteiger partial charge in [-0.05, 0) is 20.8 Å². The van der Waals surface area contributed by atoms with Crippen LogP contribution >= 0.6 is 11.6 Å². The van der Waals surface area contributed by atoms with Crippen LogP contribution in [0.15, 0.2) is 0 Å². The van der Waals surface area contributed by atoms with Gasteiger partial charge >= 0.3 is 5.97 Å². The summed E-state index contributed by atoms with van der Waals surface area (Å²) in [4.78, 5) is 20.3. The minimum Gasteiger partial charge on any atom is -0.480 e. The number of carbonyl (C=O) groups is 1. The number of hydrogen-bond acceptors (Lipinski definition) is 4. The molecule has 118 valence electrons. The highest BCUT2D eigenvalue weighted by atomic mass is 35.5. The quantitative estimate of drug-likeness (QED) is 0.913. The van der Waals surface area contributed by atoms with Crippen LogP contribution in [0.1, 0.15) is 31.4 Å². The largest absolute Gasteiger partial charge is 0.480 e. The van der Waals surface area contributed by atoms with Crippen LogP contribution in [0, 0.1) is 6.92 Å². The van der Waals surface area contributed by atoms with Crippen LogP contribution in [0.3, 0.4) is 0 Å². The van der Waals surface area contributed by atoms with Gasteiger partial charge in [0, 0.05) is 39.3 Å². The maximum absolute atomic E-state index is 11.8. The van der Waals surface area contributed by atoms with Gasteiger partial charge in [0.25, 0.3) is 0 Å². The number of aliphatic carboxylic acids is 1. The summed E-state index contributed by atoms with van der Waals surface area (Å²) in [6.45, 7) is 9.32. The Morgan fingerprint density at radius 1 is 1.24 bits per heavy atom. The maximum atomic E-state index is 11.8. The molecule has 1 saturated heterocycles. The van der Waals surface area contributed by atoms with E-state index in [2.05, 4.69) is 23.7 Å². The highest BCUT2D eigenvalue weighted by Gasteiger charge is 2.35. The summed E-state index contributed by atoms with van der Waals surface area (Å²) >= 11 is 6.16. The normalized spacial score (nSPS) is 19.1. The summed E-state index contributed by atoms with van der Waals surface area (Å²) in [7, 11) is 1.81. The first-order chi connectivity index (χ1) is 9.82. The van der Waals surface area contributed by atoms with E-state index in [1.54, 1.807) is 4.57 Å². The van der Waals surface area contributed by atoms with Gasteiger partial charge in [-0.25, -0.2) is 4.98 Å². The molecule has 0 radical (unpaired) electrons. The minimum atomic E-state index is -0.877. The Bertz CT molecular complexity index is 521. The van der Waals surface area contributed by atoms with Gasteiger partial charge in [0.05, 0.1) is 5.69 Å². The number of imidazole rings is 1. The van der Waals surface area contributed by atoms with Crippen LogP contribution in [-0.4, -0.2) is 62.6 Å². The number of halogens is 1. The predicted octanol–water partition coefficient (Wildman–Crippen LogP) is 1.53. The average molecular weight is 315 g/mol. The molecule has 0 bridgehead atoms. The molecule has 0 spiro atoms. The molecule has 0 aromatic carbocycles. The number of piperazine rings is 1. The monoisotopic (exact) mass is 314 g/mol. The van der Waals surface area contributed by atoms with Crippen LogP contribution in [0.4, 0.5) is 0 Å². The lowest BCUT2D eigenvalue weighted by Crippen LogP contribution is -2.51. The molecule has 0 saturated carbocycles. The molecule has 1 atom stereocenters. The van der Waals surface area contributed by atoms with E-state index < -0.39 is 12.0 Å². The Hall–Kier alpha value is -1.11. The van der Waals surface area contributed by atoms with E-state index in [1.165, 1.54) is 0 Å². The van der Waals surface area contributed by atoms with Gasteiger partial charge < -0.3 is 9.67 Å². The summed E-state index contributed by atoms with van der Waals surface area (Å²) in [5.74, 6) is -0.153. The molecule has 1 aliphatic heterocycles. The van der Waals surface area contributed by atoms with Crippen LogP contribution in [0.25, 0.3) is 0 Å². The second-order valence-electron chi connectivity index (χ2n) is 5.80. The number of rotatable bonds is 4. The number of hydrogen-bond donors (Lipinski definition) is 1. The zero-order chi connectivity index (χ0) is 15.7. The van der Waals surface area contributed by atoms with Gasteiger partial charge in [-0.15, -0.1) is 0 Å². The van der Waals surface area contributed by atoms with E-state index in [1.807, 2.05) is 18.9 Å². The Labute approximate surface area is 130 Å². The van der Waals surface area contributed by atoms with E-state index in [4.69, 9.17) is 11.6 Å². The van der Waals surface area contributed by atoms with Crippen molar-refractivity contribution in [2.45, 2.75) is 32.9 Å². The van der Waals surface area contributed by atoms with E-state index in [-0.39, 0.29) is 5.15 Å². The fourth-order valence-electron chi connectivity index (χ4n) is 2.84. The molecule has 1 aromatic heterocycles. The molecule has 0 amide bonds. The molecule has 1 unspecified atom stereocenters. The Morgan fingerprint density at radius 2 is 1.76 bits per heavy atom. The lowest BCUT2D eigenvalue weighted by atomic mass is 10.1. The van der Waals surface area contributed by atoms with Gasteiger partial charge in [-0.1, -0.05) is 11.6 Å². The Kier molecular flexibility index (Phi) is 4.91. The summed E-state index contributed by atoms with van der Waals surface area (Å²) < 4.78 is 1.77. The molecule has 6 nitrogen and oxygen atoms in total. The molecule has 1 fully saturated rings. The van der Waals surface area contributed by atoms with Crippen molar-refractivity contribution in [2.75, 3.05) is 26.2 Å². The van der Waals surface area contributed by atoms with Crippen molar-refractivity contribution in [2.24, 2.45) is 7.05 Å². The average Bonchev–Trinajstić information content (AvgIpc) is 2.66. The SMILES string of the molecule is Cc1nc(Cl)c(C(C(=O)O)N2CCN(C(C)C)CC2)n1C. The third-order valence-electron chi connectivity index (χ3n) is 4.26. The molecule has 7 heteroatoms. The predicted molar refractivity (Wildman–Crippen MR) is 81.6 cm³/mol. The van der Waals surface area contributed by atoms with E-state index in [0.717, 1.165) is 32.0 Å². The van der Waals surface area contributed by atoms with Crippen LogP contribution in [0.5, 0.6) is 0 Å². The highest BCUT2D eigenvalue weighted by molar-refractivity contribution is 6.30. The summed E-state index contributed by atoms with van der Waals surface area (Å²) in [6.07, 6.45) is 0. The van der Waals surface area contributed by atoms with Crippen molar-refractivity contribution in [1.29, 1.82) is 0 Å². The second kappa shape index (κ2) is 6.34. The molecule has 0 aliphatic carbocycles. The van der Waals surface area contributed by atoms with Gasteiger partial charge in [-0.3, -0.25) is 14.6 Å². The van der Waals surface area contributed by atoms with E-state index >= 15 is 0 Å². The van der Waals surface area contributed by atoms with Crippen molar-refractivity contribution in [3.63, 3.8) is 0 Å². The zero-order valence-electron chi connectivity index (χ0n) is 13.0. The number of carboxylic acids is 1. The van der Waals surface area contributed by atoms with Crippen LogP contribution in [-0.2, 0) is 11.8 Å². The molecule has 1 N–H and O–H groups in total. The summed E-state index contributed by atoms with van der Waals surface area (Å²) in [6, 6.07) is -0.254. The minimum absolute atomic E-state index is 0.286. The van der Waals surface area contributed by atoms with Crippen LogP contribution < -0.4 is 0 Å². The van der Waals surface area contributed by atoms with Crippen LogP contribution in [0.2, 0.25) is 5.15 Å². The maximum Gasteiger partial charge on any atom is 0.327 e. The van der Waals surface area contributed by atoms with Crippen molar-refractivity contribution in [3.8, 4) is 0 Å². The first kappa shape index (κ1) is 16.3. The van der Waals surface area contributed by atoms with Crippen molar-refractivity contribution in [1.82, 2.24) is 19.4 Å². The fraction of sp³-hybridized carbons (Fsp3) is 0.714. The summed E-state index contributed by atoms with van der Waals surface area (Å²) in [5.41, 5.74) is 0.569. The van der Waals surface area contributed by atoms with Gasteiger partial charge in [-0.2, -0.15) is 0 Å². The number of aromatic nitrogens is 2. The molecule has 21 heavy (non-hydrogen) atoms. The third kappa shape index (κ3) is 3.22. The van der Waals surface area contributed by atoms with E-state index in [9.17, 15) is 9.90 Å².